The van der Waals surface area contributed by atoms with Gasteiger partial charge in [-0.15, -0.1) is 0 Å². The molecule has 3 aromatic rings. The van der Waals surface area contributed by atoms with Crippen molar-refractivity contribution in [3.8, 4) is 0 Å². The standard InChI is InChI=1S/C27H31NO2/c29-27(28-25-13-5-2-6-14-25)26(17-18-30-20-21-9-3-1-4-10-21)24-16-15-22-11-7-8-12-23(22)19-24/h1,3-4,7-12,15-16,19,25-26H,2,5-6,13-14,17-18,20H2,(H,28,29)/t26-/m1/s1. The first-order valence-corrected chi connectivity index (χ1v) is 11.2. The fraction of sp³-hybridized carbons (Fsp3) is 0.370. The van der Waals surface area contributed by atoms with E-state index < -0.39 is 0 Å². The van der Waals surface area contributed by atoms with Gasteiger partial charge in [0.25, 0.3) is 0 Å². The van der Waals surface area contributed by atoms with Gasteiger partial charge in [0.05, 0.1) is 12.5 Å². The molecule has 30 heavy (non-hydrogen) atoms. The predicted octanol–water partition coefficient (Wildman–Crippen LogP) is 5.98. The molecule has 3 nitrogen and oxygen atoms in total. The number of fused-ring (bicyclic) bond motifs is 1. The quantitative estimate of drug-likeness (QED) is 0.472. The lowest BCUT2D eigenvalue weighted by Crippen LogP contribution is -2.39. The number of ether oxygens (including phenoxy) is 1. The van der Waals surface area contributed by atoms with Crippen molar-refractivity contribution in [3.63, 3.8) is 0 Å². The van der Waals surface area contributed by atoms with E-state index in [0.29, 0.717) is 25.7 Å². The first kappa shape index (κ1) is 20.6. The van der Waals surface area contributed by atoms with Crippen LogP contribution in [0.25, 0.3) is 10.8 Å². The van der Waals surface area contributed by atoms with Crippen molar-refractivity contribution in [2.75, 3.05) is 6.61 Å². The maximum Gasteiger partial charge on any atom is 0.227 e. The van der Waals surface area contributed by atoms with Gasteiger partial charge in [0.2, 0.25) is 5.91 Å². The molecule has 1 amide bonds. The Kier molecular flexibility index (Phi) is 7.15. The van der Waals surface area contributed by atoms with E-state index in [1.54, 1.807) is 0 Å². The lowest BCUT2D eigenvalue weighted by Gasteiger charge is -2.26. The molecule has 0 aromatic heterocycles. The van der Waals surface area contributed by atoms with Crippen LogP contribution in [0.3, 0.4) is 0 Å². The molecule has 1 saturated carbocycles. The molecule has 0 saturated heterocycles. The molecule has 0 radical (unpaired) electrons. The lowest BCUT2D eigenvalue weighted by atomic mass is 9.91. The molecular weight excluding hydrogens is 370 g/mol. The number of carbonyl (C=O) groups is 1. The minimum atomic E-state index is -0.188. The molecular formula is C27H31NO2. The van der Waals surface area contributed by atoms with Crippen LogP contribution in [0, 0.1) is 0 Å². The molecule has 1 fully saturated rings. The Morgan fingerprint density at radius 1 is 0.900 bits per heavy atom. The molecule has 0 bridgehead atoms. The molecule has 156 valence electrons. The van der Waals surface area contributed by atoms with Crippen LogP contribution in [0.4, 0.5) is 0 Å². The predicted molar refractivity (Wildman–Crippen MR) is 122 cm³/mol. The maximum absolute atomic E-state index is 13.2. The van der Waals surface area contributed by atoms with Gasteiger partial charge < -0.3 is 10.1 Å². The van der Waals surface area contributed by atoms with Gasteiger partial charge in [-0.2, -0.15) is 0 Å². The summed E-state index contributed by atoms with van der Waals surface area (Å²) in [6, 6.07) is 25.2. The highest BCUT2D eigenvalue weighted by Crippen LogP contribution is 2.26. The van der Waals surface area contributed by atoms with Crippen molar-refractivity contribution in [2.24, 2.45) is 0 Å². The third-order valence-electron chi connectivity index (χ3n) is 6.11. The molecule has 0 aliphatic heterocycles. The molecule has 0 spiro atoms. The first-order valence-electron chi connectivity index (χ1n) is 11.2. The van der Waals surface area contributed by atoms with Crippen LogP contribution in [-0.4, -0.2) is 18.6 Å². The van der Waals surface area contributed by atoms with Gasteiger partial charge in [0, 0.05) is 12.6 Å². The first-order chi connectivity index (χ1) is 14.8. The molecule has 3 aromatic carbocycles. The van der Waals surface area contributed by atoms with E-state index in [9.17, 15) is 4.79 Å². The van der Waals surface area contributed by atoms with E-state index in [1.165, 1.54) is 30.0 Å². The molecule has 1 aliphatic carbocycles. The topological polar surface area (TPSA) is 38.3 Å². The second kappa shape index (κ2) is 10.4. The highest BCUT2D eigenvalue weighted by molar-refractivity contribution is 5.88. The van der Waals surface area contributed by atoms with Gasteiger partial charge in [-0.3, -0.25) is 4.79 Å². The molecule has 1 aliphatic rings. The van der Waals surface area contributed by atoms with Gasteiger partial charge >= 0.3 is 0 Å². The van der Waals surface area contributed by atoms with E-state index in [1.807, 2.05) is 30.3 Å². The fourth-order valence-corrected chi connectivity index (χ4v) is 4.39. The van der Waals surface area contributed by atoms with Gasteiger partial charge in [0.15, 0.2) is 0 Å². The summed E-state index contributed by atoms with van der Waals surface area (Å²) in [7, 11) is 0. The molecule has 0 unspecified atom stereocenters. The number of carbonyl (C=O) groups excluding carboxylic acids is 1. The second-order valence-corrected chi connectivity index (χ2v) is 8.33. The summed E-state index contributed by atoms with van der Waals surface area (Å²) in [4.78, 5) is 13.2. The van der Waals surface area contributed by atoms with Crippen molar-refractivity contribution in [2.45, 2.75) is 57.1 Å². The number of amides is 1. The molecule has 0 heterocycles. The van der Waals surface area contributed by atoms with Crippen LogP contribution < -0.4 is 5.32 Å². The number of benzene rings is 3. The lowest BCUT2D eigenvalue weighted by molar-refractivity contribution is -0.124. The smallest absolute Gasteiger partial charge is 0.227 e. The van der Waals surface area contributed by atoms with E-state index in [0.717, 1.165) is 24.0 Å². The highest BCUT2D eigenvalue weighted by atomic mass is 16.5. The van der Waals surface area contributed by atoms with Crippen molar-refractivity contribution in [1.29, 1.82) is 0 Å². The summed E-state index contributed by atoms with van der Waals surface area (Å²) in [5, 5.41) is 5.71. The van der Waals surface area contributed by atoms with Gasteiger partial charge in [-0.1, -0.05) is 92.1 Å². The fourth-order valence-electron chi connectivity index (χ4n) is 4.39. The zero-order valence-corrected chi connectivity index (χ0v) is 17.6. The number of rotatable bonds is 8. The summed E-state index contributed by atoms with van der Waals surface area (Å²) < 4.78 is 5.92. The average Bonchev–Trinajstić information content (AvgIpc) is 2.80. The highest BCUT2D eigenvalue weighted by Gasteiger charge is 2.24. The van der Waals surface area contributed by atoms with Gasteiger partial charge in [0.1, 0.15) is 0 Å². The Morgan fingerprint density at radius 2 is 1.63 bits per heavy atom. The van der Waals surface area contributed by atoms with Crippen molar-refractivity contribution < 1.29 is 9.53 Å². The van der Waals surface area contributed by atoms with Gasteiger partial charge in [-0.25, -0.2) is 0 Å². The van der Waals surface area contributed by atoms with Crippen LogP contribution >= 0.6 is 0 Å². The number of hydrogen-bond acceptors (Lipinski definition) is 2. The molecule has 3 heteroatoms. The minimum Gasteiger partial charge on any atom is -0.377 e. The Labute approximate surface area is 179 Å². The molecule has 1 N–H and O–H groups in total. The Morgan fingerprint density at radius 3 is 2.43 bits per heavy atom. The normalized spacial score (nSPS) is 15.7. The van der Waals surface area contributed by atoms with E-state index >= 15 is 0 Å². The Hall–Kier alpha value is -2.65. The largest absolute Gasteiger partial charge is 0.377 e. The summed E-state index contributed by atoms with van der Waals surface area (Å²) in [5.74, 6) is -0.0483. The third-order valence-corrected chi connectivity index (χ3v) is 6.11. The van der Waals surface area contributed by atoms with Crippen LogP contribution in [0.2, 0.25) is 0 Å². The zero-order valence-electron chi connectivity index (χ0n) is 17.6. The van der Waals surface area contributed by atoms with Crippen molar-refractivity contribution in [1.82, 2.24) is 5.32 Å². The zero-order chi connectivity index (χ0) is 20.6. The van der Waals surface area contributed by atoms with Crippen molar-refractivity contribution in [3.05, 3.63) is 83.9 Å². The van der Waals surface area contributed by atoms with E-state index in [-0.39, 0.29) is 11.8 Å². The number of hydrogen-bond donors (Lipinski definition) is 1. The summed E-state index contributed by atoms with van der Waals surface area (Å²) in [5.41, 5.74) is 2.23. The molecule has 1 atom stereocenters. The maximum atomic E-state index is 13.2. The Balaban J connectivity index is 1.45. The van der Waals surface area contributed by atoms with E-state index in [4.69, 9.17) is 4.74 Å². The van der Waals surface area contributed by atoms with Gasteiger partial charge in [-0.05, 0) is 41.2 Å². The summed E-state index contributed by atoms with van der Waals surface area (Å²) >= 11 is 0. The van der Waals surface area contributed by atoms with Crippen LogP contribution in [0.15, 0.2) is 72.8 Å². The molecule has 4 rings (SSSR count). The van der Waals surface area contributed by atoms with Crippen LogP contribution in [0.5, 0.6) is 0 Å². The SMILES string of the molecule is O=C(NC1CCCCC1)[C@H](CCOCc1ccccc1)c1ccc2ccccc2c1. The minimum absolute atomic E-state index is 0.139. The third kappa shape index (κ3) is 5.48. The average molecular weight is 402 g/mol. The summed E-state index contributed by atoms with van der Waals surface area (Å²) in [6.45, 7) is 1.14. The number of nitrogens with one attached hydrogen (secondary N) is 1. The van der Waals surface area contributed by atoms with E-state index in [2.05, 4.69) is 47.8 Å². The van der Waals surface area contributed by atoms with Crippen LogP contribution in [0.1, 0.15) is 55.6 Å². The van der Waals surface area contributed by atoms with Crippen molar-refractivity contribution >= 4 is 16.7 Å². The second-order valence-electron chi connectivity index (χ2n) is 8.33. The summed E-state index contributed by atoms with van der Waals surface area (Å²) in [6.07, 6.45) is 6.59. The van der Waals surface area contributed by atoms with Crippen LogP contribution in [-0.2, 0) is 16.1 Å². The monoisotopic (exact) mass is 401 g/mol. The Bertz CT molecular complexity index is 947.